The maximum Gasteiger partial charge on any atom is 0.341 e. The van der Waals surface area contributed by atoms with Gasteiger partial charge in [0.15, 0.2) is 0 Å². The maximum atomic E-state index is 11.7. The van der Waals surface area contributed by atoms with Crippen molar-refractivity contribution in [2.24, 2.45) is 0 Å². The number of anilines is 1. The first kappa shape index (κ1) is 13.9. The number of ether oxygens (including phenoxy) is 1. The lowest BCUT2D eigenvalue weighted by atomic mass is 10.2. The number of esters is 1. The van der Waals surface area contributed by atoms with E-state index in [1.165, 1.54) is 12.1 Å². The van der Waals surface area contributed by atoms with E-state index in [1.54, 1.807) is 24.5 Å². The van der Waals surface area contributed by atoms with Crippen molar-refractivity contribution in [2.45, 2.75) is 6.42 Å². The molecule has 2 N–H and O–H groups in total. The highest BCUT2D eigenvalue weighted by molar-refractivity contribution is 5.92. The van der Waals surface area contributed by atoms with E-state index < -0.39 is 5.97 Å². The van der Waals surface area contributed by atoms with Crippen molar-refractivity contribution in [3.8, 4) is 5.75 Å². The van der Waals surface area contributed by atoms with Crippen LogP contribution in [0.3, 0.4) is 0 Å². The molecule has 104 valence electrons. The summed E-state index contributed by atoms with van der Waals surface area (Å²) >= 11 is 0. The fourth-order valence-electron chi connectivity index (χ4n) is 1.66. The number of hydrogen-bond acceptors (Lipinski definition) is 5. The highest BCUT2D eigenvalue weighted by Crippen LogP contribution is 2.16. The molecule has 0 aliphatic heterocycles. The van der Waals surface area contributed by atoms with Gasteiger partial charge in [0.1, 0.15) is 11.3 Å². The van der Waals surface area contributed by atoms with Gasteiger partial charge in [0.25, 0.3) is 0 Å². The normalized spacial score (nSPS) is 10.0. The average Bonchev–Trinajstić information content (AvgIpc) is 2.48. The van der Waals surface area contributed by atoms with E-state index in [9.17, 15) is 9.90 Å². The Morgan fingerprint density at radius 3 is 2.85 bits per heavy atom. The molecule has 0 fully saturated rings. The summed E-state index contributed by atoms with van der Waals surface area (Å²) < 4.78 is 5.09. The lowest BCUT2D eigenvalue weighted by Gasteiger charge is -2.07. The van der Waals surface area contributed by atoms with Crippen LogP contribution in [0, 0.1) is 0 Å². The number of carbonyl (C=O) groups excluding carboxylic acids is 1. The number of pyridine rings is 1. The zero-order valence-electron chi connectivity index (χ0n) is 11.0. The summed E-state index contributed by atoms with van der Waals surface area (Å²) in [6.45, 7) is 0.972. The third kappa shape index (κ3) is 3.98. The van der Waals surface area contributed by atoms with Crippen LogP contribution in [0.5, 0.6) is 5.75 Å². The Labute approximate surface area is 117 Å². The van der Waals surface area contributed by atoms with Crippen LogP contribution < -0.4 is 5.32 Å². The number of phenolic OH excluding ortho intramolecular Hbond substituents is 1. The first-order valence-corrected chi connectivity index (χ1v) is 6.36. The molecule has 0 amide bonds. The van der Waals surface area contributed by atoms with E-state index in [4.69, 9.17) is 4.74 Å². The Balaban J connectivity index is 1.69. The Morgan fingerprint density at radius 1 is 1.25 bits per heavy atom. The number of nitrogens with zero attached hydrogens (tertiary/aromatic N) is 1. The molecule has 0 aliphatic rings. The lowest BCUT2D eigenvalue weighted by molar-refractivity contribution is 0.0500. The van der Waals surface area contributed by atoms with E-state index in [1.807, 2.05) is 12.1 Å². The number of hydrogen-bond donors (Lipinski definition) is 2. The number of benzene rings is 1. The van der Waals surface area contributed by atoms with Gasteiger partial charge in [-0.15, -0.1) is 0 Å². The summed E-state index contributed by atoms with van der Waals surface area (Å²) in [5, 5.41) is 12.7. The highest BCUT2D eigenvalue weighted by atomic mass is 16.5. The van der Waals surface area contributed by atoms with Crippen LogP contribution in [0.1, 0.15) is 16.8 Å². The van der Waals surface area contributed by atoms with Crippen molar-refractivity contribution < 1.29 is 14.6 Å². The molecule has 5 heteroatoms. The molecule has 0 spiro atoms. The molecule has 2 rings (SSSR count). The molecular weight excluding hydrogens is 256 g/mol. The van der Waals surface area contributed by atoms with Gasteiger partial charge >= 0.3 is 5.97 Å². The smallest absolute Gasteiger partial charge is 0.341 e. The van der Waals surface area contributed by atoms with E-state index in [0.29, 0.717) is 19.6 Å². The van der Waals surface area contributed by atoms with Crippen LogP contribution in [0.2, 0.25) is 0 Å². The van der Waals surface area contributed by atoms with Crippen molar-refractivity contribution in [3.05, 3.63) is 54.4 Å². The van der Waals surface area contributed by atoms with Crippen LogP contribution in [-0.2, 0) is 4.74 Å². The summed E-state index contributed by atoms with van der Waals surface area (Å²) in [4.78, 5) is 15.7. The Morgan fingerprint density at radius 2 is 2.10 bits per heavy atom. The minimum atomic E-state index is -0.510. The van der Waals surface area contributed by atoms with E-state index in [2.05, 4.69) is 10.3 Å². The van der Waals surface area contributed by atoms with Crippen LogP contribution in [0.4, 0.5) is 5.69 Å². The van der Waals surface area contributed by atoms with E-state index >= 15 is 0 Å². The minimum Gasteiger partial charge on any atom is -0.507 e. The van der Waals surface area contributed by atoms with Gasteiger partial charge in [-0.2, -0.15) is 0 Å². The molecule has 0 saturated heterocycles. The Bertz CT molecular complexity index is 558. The SMILES string of the molecule is O=C(OCCCNc1cccnc1)c1ccccc1O. The lowest BCUT2D eigenvalue weighted by Crippen LogP contribution is -2.10. The van der Waals surface area contributed by atoms with Crippen molar-refractivity contribution in [1.29, 1.82) is 0 Å². The van der Waals surface area contributed by atoms with Crippen molar-refractivity contribution >= 4 is 11.7 Å². The number of carbonyl (C=O) groups is 1. The highest BCUT2D eigenvalue weighted by Gasteiger charge is 2.10. The number of aromatic nitrogens is 1. The van der Waals surface area contributed by atoms with Gasteiger partial charge < -0.3 is 15.2 Å². The summed E-state index contributed by atoms with van der Waals surface area (Å²) in [6.07, 6.45) is 4.11. The second kappa shape index (κ2) is 7.13. The molecule has 1 heterocycles. The van der Waals surface area contributed by atoms with Gasteiger partial charge in [-0.05, 0) is 30.7 Å². The molecule has 0 saturated carbocycles. The average molecular weight is 272 g/mol. The number of rotatable bonds is 6. The molecule has 0 aliphatic carbocycles. The van der Waals surface area contributed by atoms with Crippen molar-refractivity contribution in [3.63, 3.8) is 0 Å². The molecular formula is C15H16N2O3. The number of para-hydroxylation sites is 1. The van der Waals surface area contributed by atoms with E-state index in [0.717, 1.165) is 5.69 Å². The van der Waals surface area contributed by atoms with Crippen molar-refractivity contribution in [1.82, 2.24) is 4.98 Å². The number of phenols is 1. The quantitative estimate of drug-likeness (QED) is 0.624. The van der Waals surface area contributed by atoms with Crippen LogP contribution >= 0.6 is 0 Å². The summed E-state index contributed by atoms with van der Waals surface area (Å²) in [7, 11) is 0. The largest absolute Gasteiger partial charge is 0.507 e. The summed E-state index contributed by atoms with van der Waals surface area (Å²) in [5.41, 5.74) is 1.12. The van der Waals surface area contributed by atoms with Crippen molar-refractivity contribution in [2.75, 3.05) is 18.5 Å². The van der Waals surface area contributed by atoms with Gasteiger partial charge in [0.2, 0.25) is 0 Å². The molecule has 20 heavy (non-hydrogen) atoms. The van der Waals surface area contributed by atoms with Crippen LogP contribution in [0.15, 0.2) is 48.8 Å². The Hall–Kier alpha value is -2.56. The fraction of sp³-hybridized carbons (Fsp3) is 0.200. The fourth-order valence-corrected chi connectivity index (χ4v) is 1.66. The Kier molecular flexibility index (Phi) is 4.94. The van der Waals surface area contributed by atoms with Gasteiger partial charge in [-0.3, -0.25) is 4.98 Å². The molecule has 1 aromatic carbocycles. The molecule has 0 radical (unpaired) electrons. The monoisotopic (exact) mass is 272 g/mol. The number of aromatic hydroxyl groups is 1. The topological polar surface area (TPSA) is 71.5 Å². The summed E-state index contributed by atoms with van der Waals surface area (Å²) in [6, 6.07) is 10.1. The first-order chi connectivity index (χ1) is 9.77. The van der Waals surface area contributed by atoms with Crippen LogP contribution in [-0.4, -0.2) is 29.2 Å². The van der Waals surface area contributed by atoms with Gasteiger partial charge in [0.05, 0.1) is 12.3 Å². The molecule has 0 bridgehead atoms. The van der Waals surface area contributed by atoms with Crippen LogP contribution in [0.25, 0.3) is 0 Å². The predicted molar refractivity (Wildman–Crippen MR) is 75.7 cm³/mol. The summed E-state index contributed by atoms with van der Waals surface area (Å²) in [5.74, 6) is -0.574. The standard InChI is InChI=1S/C15H16N2O3/c18-14-7-2-1-6-13(14)15(19)20-10-4-9-17-12-5-3-8-16-11-12/h1-3,5-8,11,17-18H,4,9-10H2. The second-order valence-corrected chi connectivity index (χ2v) is 4.18. The zero-order valence-corrected chi connectivity index (χ0v) is 11.0. The molecule has 2 aromatic rings. The molecule has 1 aromatic heterocycles. The van der Waals surface area contributed by atoms with E-state index in [-0.39, 0.29) is 11.3 Å². The third-order valence-corrected chi connectivity index (χ3v) is 2.67. The minimum absolute atomic E-state index is 0.0639. The second-order valence-electron chi connectivity index (χ2n) is 4.18. The van der Waals surface area contributed by atoms with Gasteiger partial charge in [-0.25, -0.2) is 4.79 Å². The molecule has 0 atom stereocenters. The molecule has 0 unspecified atom stereocenters. The first-order valence-electron chi connectivity index (χ1n) is 6.36. The maximum absolute atomic E-state index is 11.7. The van der Waals surface area contributed by atoms with Gasteiger partial charge in [0, 0.05) is 18.9 Å². The number of nitrogens with one attached hydrogen (secondary N) is 1. The third-order valence-electron chi connectivity index (χ3n) is 2.67. The molecule has 5 nitrogen and oxygen atoms in total. The predicted octanol–water partition coefficient (Wildman–Crippen LogP) is 2.45. The zero-order chi connectivity index (χ0) is 14.2. The van der Waals surface area contributed by atoms with Gasteiger partial charge in [-0.1, -0.05) is 12.1 Å².